The number of rotatable bonds is 4. The van der Waals surface area contributed by atoms with Crippen LogP contribution >= 0.6 is 23.2 Å². The fourth-order valence-corrected chi connectivity index (χ4v) is 3.95. The third-order valence-electron chi connectivity index (χ3n) is 4.55. The first kappa shape index (κ1) is 22.2. The number of benzene rings is 1. The smallest absolute Gasteiger partial charge is 0.219 e. The van der Waals surface area contributed by atoms with Gasteiger partial charge in [-0.05, 0) is 39.7 Å². The Labute approximate surface area is 173 Å². The number of methoxy groups -OCH3 is 1. The first-order valence-electron chi connectivity index (χ1n) is 8.84. The van der Waals surface area contributed by atoms with E-state index in [1.165, 1.54) is 0 Å². The van der Waals surface area contributed by atoms with Crippen LogP contribution in [0.2, 0.25) is 10.0 Å². The lowest BCUT2D eigenvalue weighted by Gasteiger charge is -2.32. The van der Waals surface area contributed by atoms with Gasteiger partial charge < -0.3 is 9.64 Å². The number of hydrogen-bond donors (Lipinski definition) is 0. The Balaban J connectivity index is 2.49. The summed E-state index contributed by atoms with van der Waals surface area (Å²) in [5, 5.41) is 0.780. The molecule has 1 amide bonds. The average molecular weight is 433 g/mol. The predicted octanol–water partition coefficient (Wildman–Crippen LogP) is 4.51. The van der Waals surface area contributed by atoms with Crippen LogP contribution in [-0.4, -0.2) is 45.7 Å². The molecule has 1 aromatic rings. The second-order valence-corrected chi connectivity index (χ2v) is 10.3. The van der Waals surface area contributed by atoms with Crippen LogP contribution in [0.5, 0.6) is 5.75 Å². The van der Waals surface area contributed by atoms with Crippen LogP contribution in [0.3, 0.4) is 0 Å². The minimum Gasteiger partial charge on any atom is -0.496 e. The van der Waals surface area contributed by atoms with Gasteiger partial charge in [0.15, 0.2) is 0 Å². The fourth-order valence-electron chi connectivity index (χ4n) is 2.94. The van der Waals surface area contributed by atoms with Crippen molar-refractivity contribution in [2.45, 2.75) is 45.3 Å². The summed E-state index contributed by atoms with van der Waals surface area (Å²) < 4.78 is 22.4. The molecule has 0 N–H and O–H groups in total. The standard InChI is InChI=1S/C19H26Cl2N2O3S/c1-12(24)23-8-6-13(7-9-23)18(22-27(25)19(2,3)4)14-10-15(20)16(21)11-17(14)26-5/h10-11,13H,6-9H2,1-5H3. The van der Waals surface area contributed by atoms with E-state index in [1.54, 1.807) is 26.2 Å². The quantitative estimate of drug-likeness (QED) is 0.657. The average Bonchev–Trinajstić information content (AvgIpc) is 2.60. The van der Waals surface area contributed by atoms with Crippen molar-refractivity contribution in [2.24, 2.45) is 10.3 Å². The van der Waals surface area contributed by atoms with Crippen LogP contribution in [0.4, 0.5) is 0 Å². The molecular formula is C19H26Cl2N2O3S. The van der Waals surface area contributed by atoms with Crippen molar-refractivity contribution in [2.75, 3.05) is 20.2 Å². The van der Waals surface area contributed by atoms with Crippen LogP contribution in [0.1, 0.15) is 46.1 Å². The summed E-state index contributed by atoms with van der Waals surface area (Å²) in [5.41, 5.74) is 1.40. The zero-order chi connectivity index (χ0) is 20.4. The Morgan fingerprint density at radius 3 is 2.26 bits per heavy atom. The maximum atomic E-state index is 12.8. The monoisotopic (exact) mass is 432 g/mol. The highest BCUT2D eigenvalue weighted by Crippen LogP contribution is 2.35. The van der Waals surface area contributed by atoms with Gasteiger partial charge in [-0.25, -0.2) is 4.21 Å². The summed E-state index contributed by atoms with van der Waals surface area (Å²) in [7, 11) is 0.122. The molecule has 1 aliphatic rings. The number of nitrogens with zero attached hydrogens (tertiary/aromatic N) is 2. The number of hydrogen-bond acceptors (Lipinski definition) is 3. The van der Waals surface area contributed by atoms with E-state index in [0.717, 1.165) is 12.8 Å². The number of piperidine rings is 1. The highest BCUT2D eigenvalue weighted by Gasteiger charge is 2.30. The highest BCUT2D eigenvalue weighted by atomic mass is 35.5. The van der Waals surface area contributed by atoms with Crippen LogP contribution < -0.4 is 4.74 Å². The van der Waals surface area contributed by atoms with E-state index < -0.39 is 15.7 Å². The zero-order valence-corrected chi connectivity index (χ0v) is 18.7. The molecule has 0 saturated carbocycles. The number of amides is 1. The second-order valence-electron chi connectivity index (χ2n) is 7.58. The molecule has 1 aromatic carbocycles. The maximum absolute atomic E-state index is 12.8. The van der Waals surface area contributed by atoms with Crippen molar-refractivity contribution >= 4 is 45.8 Å². The molecule has 27 heavy (non-hydrogen) atoms. The normalized spacial score (nSPS) is 17.7. The van der Waals surface area contributed by atoms with Gasteiger partial charge >= 0.3 is 0 Å². The van der Waals surface area contributed by atoms with Crippen LogP contribution in [-0.2, 0) is 15.8 Å². The van der Waals surface area contributed by atoms with Gasteiger partial charge in [0, 0.05) is 37.6 Å². The molecule has 0 spiro atoms. The summed E-state index contributed by atoms with van der Waals surface area (Å²) >= 11 is 12.4. The molecule has 1 fully saturated rings. The minimum atomic E-state index is -1.43. The Morgan fingerprint density at radius 1 is 1.22 bits per heavy atom. The topological polar surface area (TPSA) is 59.0 Å². The molecule has 1 saturated heterocycles. The summed E-state index contributed by atoms with van der Waals surface area (Å²) in [5.74, 6) is 0.665. The summed E-state index contributed by atoms with van der Waals surface area (Å²) in [6.07, 6.45) is 1.48. The lowest BCUT2D eigenvalue weighted by molar-refractivity contribution is -0.129. The molecule has 0 radical (unpaired) electrons. The van der Waals surface area contributed by atoms with E-state index in [2.05, 4.69) is 4.40 Å². The van der Waals surface area contributed by atoms with E-state index in [-0.39, 0.29) is 11.8 Å². The van der Waals surface area contributed by atoms with Gasteiger partial charge in [-0.3, -0.25) is 4.79 Å². The highest BCUT2D eigenvalue weighted by molar-refractivity contribution is 7.85. The molecule has 0 aromatic heterocycles. The zero-order valence-electron chi connectivity index (χ0n) is 16.3. The van der Waals surface area contributed by atoms with Gasteiger partial charge in [0.25, 0.3) is 0 Å². The van der Waals surface area contributed by atoms with Crippen LogP contribution in [0, 0.1) is 5.92 Å². The van der Waals surface area contributed by atoms with Crippen molar-refractivity contribution in [3.8, 4) is 5.75 Å². The summed E-state index contributed by atoms with van der Waals surface area (Å²) in [6, 6.07) is 3.37. The Kier molecular flexibility index (Phi) is 7.33. The van der Waals surface area contributed by atoms with Gasteiger partial charge in [-0.1, -0.05) is 23.2 Å². The first-order chi connectivity index (χ1) is 12.5. The van der Waals surface area contributed by atoms with Gasteiger partial charge in [0.05, 0.1) is 27.6 Å². The van der Waals surface area contributed by atoms with Crippen LogP contribution in [0.15, 0.2) is 16.5 Å². The third-order valence-corrected chi connectivity index (χ3v) is 6.68. The van der Waals surface area contributed by atoms with E-state index in [1.807, 2.05) is 25.7 Å². The lowest BCUT2D eigenvalue weighted by atomic mass is 9.88. The van der Waals surface area contributed by atoms with Crippen molar-refractivity contribution in [1.29, 1.82) is 0 Å². The van der Waals surface area contributed by atoms with E-state index in [9.17, 15) is 9.00 Å². The molecule has 0 aliphatic carbocycles. The Morgan fingerprint density at radius 2 is 1.78 bits per heavy atom. The molecule has 150 valence electrons. The molecule has 1 aliphatic heterocycles. The van der Waals surface area contributed by atoms with Crippen molar-refractivity contribution < 1.29 is 13.7 Å². The number of halogens is 2. The first-order valence-corrected chi connectivity index (χ1v) is 10.7. The molecular weight excluding hydrogens is 407 g/mol. The van der Waals surface area contributed by atoms with Crippen molar-refractivity contribution in [3.05, 3.63) is 27.7 Å². The number of carbonyl (C=O) groups excluding carboxylic acids is 1. The Bertz CT molecular complexity index is 767. The molecule has 2 rings (SSSR count). The third kappa shape index (κ3) is 5.46. The molecule has 1 atom stereocenters. The number of likely N-dealkylation sites (tertiary alicyclic amines) is 1. The number of carbonyl (C=O) groups is 1. The lowest BCUT2D eigenvalue weighted by Crippen LogP contribution is -2.39. The predicted molar refractivity (Wildman–Crippen MR) is 112 cm³/mol. The minimum absolute atomic E-state index is 0.0537. The molecule has 1 heterocycles. The van der Waals surface area contributed by atoms with Gasteiger partial charge in [0.2, 0.25) is 5.91 Å². The summed E-state index contributed by atoms with van der Waals surface area (Å²) in [6.45, 7) is 8.51. The second kappa shape index (κ2) is 8.93. The fraction of sp³-hybridized carbons (Fsp3) is 0.579. The van der Waals surface area contributed by atoms with Crippen molar-refractivity contribution in [1.82, 2.24) is 4.90 Å². The van der Waals surface area contributed by atoms with Gasteiger partial charge in [-0.2, -0.15) is 4.40 Å². The Hall–Kier alpha value is -1.11. The summed E-state index contributed by atoms with van der Waals surface area (Å²) in [4.78, 5) is 13.5. The SMILES string of the molecule is COc1cc(Cl)c(Cl)cc1C(=NS(=O)C(C)(C)C)C1CCN(C(C)=O)CC1. The number of ether oxygens (including phenoxy) is 1. The van der Waals surface area contributed by atoms with E-state index in [4.69, 9.17) is 27.9 Å². The van der Waals surface area contributed by atoms with Gasteiger partial charge in [-0.15, -0.1) is 0 Å². The van der Waals surface area contributed by atoms with Crippen molar-refractivity contribution in [3.63, 3.8) is 0 Å². The maximum Gasteiger partial charge on any atom is 0.219 e. The molecule has 8 heteroatoms. The molecule has 0 bridgehead atoms. The largest absolute Gasteiger partial charge is 0.496 e. The van der Waals surface area contributed by atoms with Gasteiger partial charge in [0.1, 0.15) is 16.7 Å². The van der Waals surface area contributed by atoms with E-state index in [0.29, 0.717) is 40.2 Å². The van der Waals surface area contributed by atoms with Crippen LogP contribution in [0.25, 0.3) is 0 Å². The molecule has 1 unspecified atom stereocenters. The van der Waals surface area contributed by atoms with E-state index >= 15 is 0 Å². The molecule has 5 nitrogen and oxygen atoms in total.